The molecule has 0 saturated carbocycles. The van der Waals surface area contributed by atoms with Crippen molar-refractivity contribution < 1.29 is 4.79 Å². The highest BCUT2D eigenvalue weighted by atomic mass is 28.3. The Labute approximate surface area is 57.5 Å². The molecule has 0 unspecified atom stereocenters. The van der Waals surface area contributed by atoms with Crippen molar-refractivity contribution in [1.29, 1.82) is 0 Å². The normalized spacial score (nSPS) is 9.67. The molecule has 0 aliphatic carbocycles. The summed E-state index contributed by atoms with van der Waals surface area (Å²) in [6, 6.07) is 0. The van der Waals surface area contributed by atoms with Crippen LogP contribution in [0.25, 0.3) is 0 Å². The fourth-order valence-electron chi connectivity index (χ4n) is 0.358. The largest absolute Gasteiger partial charge is 0.302 e. The second kappa shape index (κ2) is 3.47. The average molecular weight is 140 g/mol. The molecule has 0 aliphatic rings. The summed E-state index contributed by atoms with van der Waals surface area (Å²) in [5.41, 5.74) is 3.08. The van der Waals surface area contributed by atoms with Gasteiger partial charge in [-0.1, -0.05) is 19.6 Å². The quantitative estimate of drug-likeness (QED) is 0.306. The minimum atomic E-state index is -1.21. The first-order valence-corrected chi connectivity index (χ1v) is 6.50. The lowest BCUT2D eigenvalue weighted by Gasteiger charge is -2.02. The molecule has 0 aromatic carbocycles. The van der Waals surface area contributed by atoms with Gasteiger partial charge >= 0.3 is 0 Å². The SMILES string of the molecule is C[Si](C)(C)C#CCC=O. The van der Waals surface area contributed by atoms with Gasteiger partial charge in [0.15, 0.2) is 0 Å². The summed E-state index contributed by atoms with van der Waals surface area (Å²) >= 11 is 0. The van der Waals surface area contributed by atoms with E-state index in [9.17, 15) is 4.79 Å². The van der Waals surface area contributed by atoms with Crippen LogP contribution in [-0.4, -0.2) is 14.4 Å². The Balaban J connectivity index is 3.72. The van der Waals surface area contributed by atoms with Gasteiger partial charge in [0.1, 0.15) is 14.4 Å². The summed E-state index contributed by atoms with van der Waals surface area (Å²) in [5.74, 6) is 2.82. The third-order valence-corrected chi connectivity index (χ3v) is 1.58. The monoisotopic (exact) mass is 140 g/mol. The van der Waals surface area contributed by atoms with E-state index in [1.165, 1.54) is 0 Å². The number of carbonyl (C=O) groups excluding carboxylic acids is 1. The molecule has 0 N–H and O–H groups in total. The molecule has 0 saturated heterocycles. The van der Waals surface area contributed by atoms with E-state index in [2.05, 4.69) is 31.1 Å². The predicted octanol–water partition coefficient (Wildman–Crippen LogP) is 1.46. The Bertz CT molecular complexity index is 145. The van der Waals surface area contributed by atoms with Crippen molar-refractivity contribution in [3.8, 4) is 11.5 Å². The van der Waals surface area contributed by atoms with Crippen molar-refractivity contribution >= 4 is 14.4 Å². The van der Waals surface area contributed by atoms with Crippen LogP contribution in [0.15, 0.2) is 0 Å². The molecule has 0 spiro atoms. The van der Waals surface area contributed by atoms with E-state index >= 15 is 0 Å². The van der Waals surface area contributed by atoms with Gasteiger partial charge in [-0.05, 0) is 0 Å². The van der Waals surface area contributed by atoms with E-state index < -0.39 is 8.07 Å². The van der Waals surface area contributed by atoms with Gasteiger partial charge in [-0.2, -0.15) is 0 Å². The predicted molar refractivity (Wildman–Crippen MR) is 41.8 cm³/mol. The Morgan fingerprint density at radius 1 is 1.44 bits per heavy atom. The molecule has 50 valence electrons. The topological polar surface area (TPSA) is 17.1 Å². The van der Waals surface area contributed by atoms with Gasteiger partial charge in [0.05, 0.1) is 6.42 Å². The molecule has 0 fully saturated rings. The number of carbonyl (C=O) groups is 1. The zero-order valence-electron chi connectivity index (χ0n) is 6.19. The molecule has 0 aromatic rings. The summed E-state index contributed by atoms with van der Waals surface area (Å²) in [5, 5.41) is 0. The van der Waals surface area contributed by atoms with E-state index in [1.807, 2.05) is 0 Å². The third kappa shape index (κ3) is 7.45. The minimum Gasteiger partial charge on any atom is -0.302 e. The van der Waals surface area contributed by atoms with E-state index in [0.717, 1.165) is 6.29 Å². The molecule has 0 aliphatic heterocycles. The highest BCUT2D eigenvalue weighted by Crippen LogP contribution is 1.95. The number of rotatable bonds is 1. The first-order chi connectivity index (χ1) is 4.06. The zero-order valence-corrected chi connectivity index (χ0v) is 7.19. The Morgan fingerprint density at radius 2 is 2.00 bits per heavy atom. The van der Waals surface area contributed by atoms with Crippen LogP contribution in [0, 0.1) is 11.5 Å². The second-order valence-corrected chi connectivity index (χ2v) is 7.67. The highest BCUT2D eigenvalue weighted by molar-refractivity contribution is 6.83. The average Bonchev–Trinajstić information content (AvgIpc) is 1.63. The Morgan fingerprint density at radius 3 is 2.33 bits per heavy atom. The summed E-state index contributed by atoms with van der Waals surface area (Å²) in [7, 11) is -1.21. The summed E-state index contributed by atoms with van der Waals surface area (Å²) in [6.45, 7) is 6.47. The summed E-state index contributed by atoms with van der Waals surface area (Å²) in [6.07, 6.45) is 1.23. The number of hydrogen-bond acceptors (Lipinski definition) is 1. The van der Waals surface area contributed by atoms with Crippen LogP contribution in [0.5, 0.6) is 0 Å². The fraction of sp³-hybridized carbons (Fsp3) is 0.571. The van der Waals surface area contributed by atoms with Crippen LogP contribution in [0.3, 0.4) is 0 Å². The standard InChI is InChI=1S/C7H12OSi/c1-9(2,3)7-5-4-6-8/h6H,4H2,1-3H3. The first-order valence-electron chi connectivity index (χ1n) is 3.00. The van der Waals surface area contributed by atoms with E-state index in [4.69, 9.17) is 0 Å². The lowest BCUT2D eigenvalue weighted by molar-refractivity contribution is -0.107. The molecule has 9 heavy (non-hydrogen) atoms. The number of aldehydes is 1. The number of hydrogen-bond donors (Lipinski definition) is 0. The fourth-order valence-corrected chi connectivity index (χ4v) is 0.990. The van der Waals surface area contributed by atoms with Gasteiger partial charge < -0.3 is 4.79 Å². The van der Waals surface area contributed by atoms with Crippen molar-refractivity contribution in [2.45, 2.75) is 26.1 Å². The lowest BCUT2D eigenvalue weighted by Crippen LogP contribution is -2.16. The minimum absolute atomic E-state index is 0.393. The molecular weight excluding hydrogens is 128 g/mol. The molecule has 0 heterocycles. The molecule has 0 radical (unpaired) electrons. The highest BCUT2D eigenvalue weighted by Gasteiger charge is 2.06. The molecule has 1 nitrogen and oxygen atoms in total. The van der Waals surface area contributed by atoms with Crippen molar-refractivity contribution in [2.24, 2.45) is 0 Å². The van der Waals surface area contributed by atoms with Crippen LogP contribution in [0.4, 0.5) is 0 Å². The maximum absolute atomic E-state index is 9.80. The van der Waals surface area contributed by atoms with Crippen molar-refractivity contribution in [3.63, 3.8) is 0 Å². The van der Waals surface area contributed by atoms with Gasteiger partial charge in [0.25, 0.3) is 0 Å². The molecule has 0 rings (SSSR count). The summed E-state index contributed by atoms with van der Waals surface area (Å²) < 4.78 is 0. The first kappa shape index (κ1) is 8.45. The van der Waals surface area contributed by atoms with Gasteiger partial charge in [-0.25, -0.2) is 0 Å². The van der Waals surface area contributed by atoms with Gasteiger partial charge in [0.2, 0.25) is 0 Å². The smallest absolute Gasteiger partial charge is 0.131 e. The lowest BCUT2D eigenvalue weighted by atomic mass is 10.5. The molecule has 0 aromatic heterocycles. The molecule has 0 atom stereocenters. The van der Waals surface area contributed by atoms with E-state index in [-0.39, 0.29) is 0 Å². The van der Waals surface area contributed by atoms with Crippen LogP contribution in [0.2, 0.25) is 19.6 Å². The van der Waals surface area contributed by atoms with Crippen molar-refractivity contribution in [3.05, 3.63) is 0 Å². The zero-order chi connectivity index (χ0) is 7.33. The Hall–Kier alpha value is -0.553. The van der Waals surface area contributed by atoms with Crippen molar-refractivity contribution in [2.75, 3.05) is 0 Å². The molecule has 2 heteroatoms. The molecule has 0 amide bonds. The van der Waals surface area contributed by atoms with Crippen LogP contribution >= 0.6 is 0 Å². The summed E-state index contributed by atoms with van der Waals surface area (Å²) in [4.78, 5) is 9.80. The second-order valence-electron chi connectivity index (χ2n) is 2.92. The molecule has 0 bridgehead atoms. The van der Waals surface area contributed by atoms with Crippen molar-refractivity contribution in [1.82, 2.24) is 0 Å². The van der Waals surface area contributed by atoms with Gasteiger partial charge in [-0.3, -0.25) is 0 Å². The van der Waals surface area contributed by atoms with E-state index in [1.54, 1.807) is 0 Å². The molecular formula is C7H12OSi. The van der Waals surface area contributed by atoms with Crippen LogP contribution < -0.4 is 0 Å². The van der Waals surface area contributed by atoms with Gasteiger partial charge in [-0.15, -0.1) is 11.5 Å². The Kier molecular flexibility index (Phi) is 3.26. The van der Waals surface area contributed by atoms with Crippen LogP contribution in [0.1, 0.15) is 6.42 Å². The van der Waals surface area contributed by atoms with E-state index in [0.29, 0.717) is 6.42 Å². The third-order valence-electron chi connectivity index (χ3n) is 0.649. The maximum atomic E-state index is 9.80. The van der Waals surface area contributed by atoms with Crippen LogP contribution in [-0.2, 0) is 4.79 Å². The van der Waals surface area contributed by atoms with Gasteiger partial charge in [0, 0.05) is 0 Å². The maximum Gasteiger partial charge on any atom is 0.131 e.